The molecule has 2 rings (SSSR count). The third kappa shape index (κ3) is 3.75. The Balaban J connectivity index is 2.33. The normalized spacial score (nSPS) is 10.7. The van der Waals surface area contributed by atoms with Crippen molar-refractivity contribution in [3.8, 4) is 17.0 Å². The molecule has 0 atom stereocenters. The zero-order valence-electron chi connectivity index (χ0n) is 11.7. The summed E-state index contributed by atoms with van der Waals surface area (Å²) < 4.78 is 13.5. The number of hydrogen-bond acceptors (Lipinski definition) is 3. The second-order valence-electron chi connectivity index (χ2n) is 4.41. The summed E-state index contributed by atoms with van der Waals surface area (Å²) in [7, 11) is 3.38. The van der Waals surface area contributed by atoms with Gasteiger partial charge >= 0.3 is 0 Å². The van der Waals surface area contributed by atoms with Crippen LogP contribution in [0.25, 0.3) is 11.3 Å². The smallest absolute Gasteiger partial charge is 0.265 e. The summed E-state index contributed by atoms with van der Waals surface area (Å²) in [5.74, 6) is 0.754. The first-order valence-corrected chi connectivity index (χ1v) is 7.90. The minimum absolute atomic E-state index is 0.0696. The van der Waals surface area contributed by atoms with Crippen LogP contribution in [0.1, 0.15) is 0 Å². The molecule has 112 valence electrons. The molecule has 0 saturated heterocycles. The fourth-order valence-electron chi connectivity index (χ4n) is 1.91. The van der Waals surface area contributed by atoms with Crippen LogP contribution in [0.5, 0.6) is 5.75 Å². The third-order valence-electron chi connectivity index (χ3n) is 3.03. The van der Waals surface area contributed by atoms with Crippen LogP contribution >= 0.6 is 31.9 Å². The van der Waals surface area contributed by atoms with E-state index < -0.39 is 0 Å². The monoisotopic (exact) mass is 415 g/mol. The van der Waals surface area contributed by atoms with Gasteiger partial charge in [-0.3, -0.25) is 4.79 Å². The first-order valence-electron chi connectivity index (χ1n) is 6.31. The predicted octanol–water partition coefficient (Wildman–Crippen LogP) is 3.60. The molecular weight excluding hydrogens is 402 g/mol. The van der Waals surface area contributed by atoms with Gasteiger partial charge in [0.2, 0.25) is 0 Å². The quantitative estimate of drug-likeness (QED) is 0.699. The van der Waals surface area contributed by atoms with Crippen LogP contribution in [0.2, 0.25) is 0 Å². The van der Waals surface area contributed by atoms with Crippen LogP contribution in [0.3, 0.4) is 0 Å². The average molecular weight is 417 g/mol. The number of pyridine rings is 1. The lowest BCUT2D eigenvalue weighted by Crippen LogP contribution is -2.18. The van der Waals surface area contributed by atoms with Gasteiger partial charge in [0.25, 0.3) is 5.56 Å². The molecule has 0 radical (unpaired) electrons. The lowest BCUT2D eigenvalue weighted by Gasteiger charge is -2.12. The number of rotatable bonds is 5. The van der Waals surface area contributed by atoms with Gasteiger partial charge in [-0.2, -0.15) is 0 Å². The van der Waals surface area contributed by atoms with E-state index in [0.29, 0.717) is 17.7 Å². The molecule has 2 aromatic rings. The summed E-state index contributed by atoms with van der Waals surface area (Å²) in [4.78, 5) is 12.0. The van der Waals surface area contributed by atoms with Crippen molar-refractivity contribution in [2.75, 3.05) is 20.3 Å². The van der Waals surface area contributed by atoms with E-state index in [1.54, 1.807) is 24.8 Å². The van der Waals surface area contributed by atoms with Gasteiger partial charge < -0.3 is 14.0 Å². The van der Waals surface area contributed by atoms with E-state index in [-0.39, 0.29) is 5.56 Å². The molecule has 0 saturated carbocycles. The molecule has 0 aliphatic heterocycles. The zero-order chi connectivity index (χ0) is 15.4. The predicted molar refractivity (Wildman–Crippen MR) is 89.9 cm³/mol. The highest BCUT2D eigenvalue weighted by atomic mass is 79.9. The molecule has 21 heavy (non-hydrogen) atoms. The highest BCUT2D eigenvalue weighted by molar-refractivity contribution is 9.10. The van der Waals surface area contributed by atoms with Gasteiger partial charge in [0.1, 0.15) is 12.4 Å². The van der Waals surface area contributed by atoms with Crippen molar-refractivity contribution in [3.05, 3.63) is 49.6 Å². The molecule has 1 aromatic carbocycles. The minimum atomic E-state index is -0.0696. The zero-order valence-corrected chi connectivity index (χ0v) is 14.9. The Kier molecular flexibility index (Phi) is 5.61. The minimum Gasteiger partial charge on any atom is -0.491 e. The molecule has 6 heteroatoms. The Labute approximate surface area is 140 Å². The van der Waals surface area contributed by atoms with E-state index in [2.05, 4.69) is 31.9 Å². The fourth-order valence-corrected chi connectivity index (χ4v) is 2.87. The van der Waals surface area contributed by atoms with Crippen molar-refractivity contribution in [1.29, 1.82) is 0 Å². The van der Waals surface area contributed by atoms with E-state index >= 15 is 0 Å². The summed E-state index contributed by atoms with van der Waals surface area (Å²) in [6.45, 7) is 1.04. The van der Waals surface area contributed by atoms with Gasteiger partial charge in [-0.25, -0.2) is 0 Å². The standard InChI is InChI=1S/C15H15Br2NO3/c1-18-14(6-5-12(16)15(18)19)11-4-3-10(9-13(11)17)21-8-7-20-2/h3-6,9H,7-8H2,1-2H3. The number of benzene rings is 1. The van der Waals surface area contributed by atoms with E-state index in [1.165, 1.54) is 0 Å². The Hall–Kier alpha value is -1.11. The highest BCUT2D eigenvalue weighted by Gasteiger charge is 2.10. The van der Waals surface area contributed by atoms with Gasteiger partial charge in [-0.1, -0.05) is 0 Å². The second-order valence-corrected chi connectivity index (χ2v) is 6.12. The maximum atomic E-state index is 12.0. The highest BCUT2D eigenvalue weighted by Crippen LogP contribution is 2.31. The molecule has 0 aliphatic carbocycles. The molecule has 0 fully saturated rings. The largest absolute Gasteiger partial charge is 0.491 e. The maximum absolute atomic E-state index is 12.0. The Bertz CT molecular complexity index is 698. The summed E-state index contributed by atoms with van der Waals surface area (Å²) in [6.07, 6.45) is 0. The van der Waals surface area contributed by atoms with Crippen molar-refractivity contribution in [2.24, 2.45) is 7.05 Å². The van der Waals surface area contributed by atoms with Gasteiger partial charge in [0.05, 0.1) is 16.8 Å². The molecule has 1 heterocycles. The lowest BCUT2D eigenvalue weighted by atomic mass is 10.1. The van der Waals surface area contributed by atoms with Crippen LogP contribution in [-0.4, -0.2) is 24.9 Å². The molecule has 4 nitrogen and oxygen atoms in total. The Morgan fingerprint density at radius 1 is 1.10 bits per heavy atom. The van der Waals surface area contributed by atoms with E-state index in [0.717, 1.165) is 21.5 Å². The number of methoxy groups -OCH3 is 1. The van der Waals surface area contributed by atoms with Crippen LogP contribution in [0.4, 0.5) is 0 Å². The van der Waals surface area contributed by atoms with E-state index in [4.69, 9.17) is 9.47 Å². The van der Waals surface area contributed by atoms with Crippen molar-refractivity contribution in [1.82, 2.24) is 4.57 Å². The van der Waals surface area contributed by atoms with Crippen molar-refractivity contribution < 1.29 is 9.47 Å². The van der Waals surface area contributed by atoms with Crippen LogP contribution in [0.15, 0.2) is 44.1 Å². The van der Waals surface area contributed by atoms with Crippen molar-refractivity contribution in [3.63, 3.8) is 0 Å². The summed E-state index contributed by atoms with van der Waals surface area (Å²) >= 11 is 6.77. The maximum Gasteiger partial charge on any atom is 0.265 e. The first-order chi connectivity index (χ1) is 10.0. The molecule has 0 amide bonds. The van der Waals surface area contributed by atoms with Gasteiger partial charge in [0.15, 0.2) is 0 Å². The average Bonchev–Trinajstić information content (AvgIpc) is 2.46. The van der Waals surface area contributed by atoms with E-state index in [9.17, 15) is 4.79 Å². The summed E-state index contributed by atoms with van der Waals surface area (Å²) in [6, 6.07) is 9.35. The van der Waals surface area contributed by atoms with Crippen LogP contribution in [-0.2, 0) is 11.8 Å². The van der Waals surface area contributed by atoms with Crippen molar-refractivity contribution in [2.45, 2.75) is 0 Å². The van der Waals surface area contributed by atoms with Crippen molar-refractivity contribution >= 4 is 31.9 Å². The Morgan fingerprint density at radius 2 is 1.86 bits per heavy atom. The van der Waals surface area contributed by atoms with Crippen LogP contribution < -0.4 is 10.3 Å². The molecular formula is C15H15Br2NO3. The molecule has 0 unspecified atom stereocenters. The van der Waals surface area contributed by atoms with Gasteiger partial charge in [-0.05, 0) is 62.2 Å². The second kappa shape index (κ2) is 7.24. The molecule has 0 spiro atoms. The van der Waals surface area contributed by atoms with E-state index in [1.807, 2.05) is 24.3 Å². The number of aromatic nitrogens is 1. The third-order valence-corrected chi connectivity index (χ3v) is 4.29. The van der Waals surface area contributed by atoms with Crippen LogP contribution in [0, 0.1) is 0 Å². The topological polar surface area (TPSA) is 40.5 Å². The first kappa shape index (κ1) is 16.3. The molecule has 0 aliphatic rings. The summed E-state index contributed by atoms with van der Waals surface area (Å²) in [5, 5.41) is 0. The fraction of sp³-hybridized carbons (Fsp3) is 0.267. The summed E-state index contributed by atoms with van der Waals surface area (Å²) in [5.41, 5.74) is 1.69. The molecule has 1 aromatic heterocycles. The molecule has 0 N–H and O–H groups in total. The number of halogens is 2. The Morgan fingerprint density at radius 3 is 2.52 bits per heavy atom. The lowest BCUT2D eigenvalue weighted by molar-refractivity contribution is 0.146. The SMILES string of the molecule is COCCOc1ccc(-c2ccc(Br)c(=O)n2C)c(Br)c1. The number of ether oxygens (including phenoxy) is 2. The number of nitrogens with zero attached hydrogens (tertiary/aromatic N) is 1. The van der Waals surface area contributed by atoms with Gasteiger partial charge in [0, 0.05) is 24.2 Å². The number of hydrogen-bond donors (Lipinski definition) is 0. The van der Waals surface area contributed by atoms with Gasteiger partial charge in [-0.15, -0.1) is 0 Å². The molecule has 0 bridgehead atoms.